The van der Waals surface area contributed by atoms with Crippen molar-refractivity contribution in [3.8, 4) is 5.75 Å². The maximum atomic E-state index is 12.4. The number of carbonyl (C=O) groups is 1. The highest BCUT2D eigenvalue weighted by atomic mass is 35.5. The average molecular weight is 375 g/mol. The normalized spacial score (nSPS) is 11.1. The van der Waals surface area contributed by atoms with Crippen molar-refractivity contribution in [2.24, 2.45) is 5.73 Å². The lowest BCUT2D eigenvalue weighted by atomic mass is 10.2. The van der Waals surface area contributed by atoms with Crippen LogP contribution < -0.4 is 15.2 Å². The molecule has 6 nitrogen and oxygen atoms in total. The Hall–Kier alpha value is -1.96. The highest BCUT2D eigenvalue weighted by Crippen LogP contribution is 2.29. The molecule has 23 heavy (non-hydrogen) atoms. The molecule has 0 heterocycles. The molecule has 0 fully saturated rings. The summed E-state index contributed by atoms with van der Waals surface area (Å²) in [7, 11) is -2.55. The maximum absolute atomic E-state index is 12.4. The summed E-state index contributed by atoms with van der Waals surface area (Å²) in [6, 6.07) is 8.06. The molecule has 0 saturated carbocycles. The molecule has 0 aromatic heterocycles. The van der Waals surface area contributed by atoms with E-state index in [4.69, 9.17) is 33.7 Å². The third kappa shape index (κ3) is 3.87. The summed E-state index contributed by atoms with van der Waals surface area (Å²) in [5.74, 6) is -0.465. The van der Waals surface area contributed by atoms with Gasteiger partial charge in [0, 0.05) is 5.02 Å². The first-order chi connectivity index (χ1) is 10.7. The van der Waals surface area contributed by atoms with Gasteiger partial charge in [-0.15, -0.1) is 0 Å². The van der Waals surface area contributed by atoms with E-state index in [1.54, 1.807) is 0 Å². The number of sulfonamides is 1. The molecule has 2 aromatic carbocycles. The lowest BCUT2D eigenvalue weighted by molar-refractivity contribution is 0.100. The zero-order valence-corrected chi connectivity index (χ0v) is 14.2. The Balaban J connectivity index is 2.43. The highest BCUT2D eigenvalue weighted by molar-refractivity contribution is 7.92. The third-order valence-electron chi connectivity index (χ3n) is 2.92. The highest BCUT2D eigenvalue weighted by Gasteiger charge is 2.19. The molecule has 1 amide bonds. The van der Waals surface area contributed by atoms with Crippen molar-refractivity contribution in [3.63, 3.8) is 0 Å². The van der Waals surface area contributed by atoms with Gasteiger partial charge >= 0.3 is 0 Å². The number of halogens is 2. The SMILES string of the molecule is COc1ccc(S(=O)(=O)Nc2ccc(Cl)cc2C(N)=O)cc1Cl. The molecule has 0 aliphatic heterocycles. The van der Waals surface area contributed by atoms with E-state index in [1.165, 1.54) is 43.5 Å². The van der Waals surface area contributed by atoms with Gasteiger partial charge in [-0.1, -0.05) is 23.2 Å². The fourth-order valence-electron chi connectivity index (χ4n) is 1.83. The molecule has 3 N–H and O–H groups in total. The lowest BCUT2D eigenvalue weighted by Gasteiger charge is -2.12. The fourth-order valence-corrected chi connectivity index (χ4v) is 3.43. The molecule has 122 valence electrons. The molecule has 0 bridgehead atoms. The van der Waals surface area contributed by atoms with E-state index < -0.39 is 15.9 Å². The maximum Gasteiger partial charge on any atom is 0.261 e. The minimum absolute atomic E-state index is 0.0221. The lowest BCUT2D eigenvalue weighted by Crippen LogP contribution is -2.18. The third-order valence-corrected chi connectivity index (χ3v) is 4.82. The minimum Gasteiger partial charge on any atom is -0.495 e. The van der Waals surface area contributed by atoms with E-state index >= 15 is 0 Å². The van der Waals surface area contributed by atoms with Gasteiger partial charge in [-0.3, -0.25) is 9.52 Å². The van der Waals surface area contributed by atoms with E-state index in [0.717, 1.165) is 0 Å². The Kier molecular flexibility index (Phi) is 5.03. The number of nitrogens with one attached hydrogen (secondary N) is 1. The number of primary amides is 1. The number of rotatable bonds is 5. The summed E-state index contributed by atoms with van der Waals surface area (Å²) in [6.45, 7) is 0. The van der Waals surface area contributed by atoms with Crippen molar-refractivity contribution >= 4 is 44.8 Å². The first-order valence-corrected chi connectivity index (χ1v) is 8.44. The second kappa shape index (κ2) is 6.66. The number of amides is 1. The van der Waals surface area contributed by atoms with Crippen molar-refractivity contribution in [2.75, 3.05) is 11.8 Å². The number of hydrogen-bond acceptors (Lipinski definition) is 4. The number of hydrogen-bond donors (Lipinski definition) is 2. The van der Waals surface area contributed by atoms with Crippen LogP contribution in [-0.2, 0) is 10.0 Å². The van der Waals surface area contributed by atoms with Gasteiger partial charge in [-0.05, 0) is 36.4 Å². The van der Waals surface area contributed by atoms with E-state index in [0.29, 0.717) is 5.75 Å². The standard InChI is InChI=1S/C14H12Cl2N2O4S/c1-22-13-5-3-9(7-11(13)16)23(20,21)18-12-4-2-8(15)6-10(12)14(17)19/h2-7,18H,1H3,(H2,17,19). The Morgan fingerprint density at radius 2 is 1.87 bits per heavy atom. The molecule has 0 radical (unpaired) electrons. The molecule has 0 atom stereocenters. The summed E-state index contributed by atoms with van der Waals surface area (Å²) >= 11 is 11.7. The topological polar surface area (TPSA) is 98.5 Å². The Morgan fingerprint density at radius 1 is 1.17 bits per heavy atom. The second-order valence-electron chi connectivity index (χ2n) is 4.46. The van der Waals surface area contributed by atoms with Crippen LogP contribution in [0.15, 0.2) is 41.3 Å². The molecule has 0 spiro atoms. The molecule has 2 rings (SSSR count). The Bertz CT molecular complexity index is 869. The smallest absolute Gasteiger partial charge is 0.261 e. The minimum atomic E-state index is -3.97. The summed E-state index contributed by atoms with van der Waals surface area (Å²) in [5, 5.41) is 0.399. The van der Waals surface area contributed by atoms with Crippen LogP contribution in [0.4, 0.5) is 5.69 Å². The summed E-state index contributed by atoms with van der Waals surface area (Å²) in [6.07, 6.45) is 0. The van der Waals surface area contributed by atoms with Gasteiger partial charge < -0.3 is 10.5 Å². The molecule has 0 aliphatic carbocycles. The number of nitrogens with two attached hydrogens (primary N) is 1. The quantitative estimate of drug-likeness (QED) is 0.840. The largest absolute Gasteiger partial charge is 0.495 e. The van der Waals surface area contributed by atoms with Crippen molar-refractivity contribution < 1.29 is 17.9 Å². The first-order valence-electron chi connectivity index (χ1n) is 6.20. The zero-order chi connectivity index (χ0) is 17.2. The van der Waals surface area contributed by atoms with Crippen LogP contribution in [0.5, 0.6) is 5.75 Å². The van der Waals surface area contributed by atoms with E-state index in [1.807, 2.05) is 0 Å². The average Bonchev–Trinajstić information content (AvgIpc) is 2.48. The molecule has 0 aliphatic rings. The number of anilines is 1. The summed E-state index contributed by atoms with van der Waals surface area (Å²) in [5.41, 5.74) is 5.21. The van der Waals surface area contributed by atoms with Gasteiger partial charge in [0.1, 0.15) is 5.75 Å². The fraction of sp³-hybridized carbons (Fsp3) is 0.0714. The first kappa shape index (κ1) is 17.4. The molecular formula is C14H12Cl2N2O4S. The van der Waals surface area contributed by atoms with Crippen molar-refractivity contribution in [2.45, 2.75) is 4.90 Å². The van der Waals surface area contributed by atoms with Crippen molar-refractivity contribution in [3.05, 3.63) is 52.0 Å². The number of benzene rings is 2. The van der Waals surface area contributed by atoms with Gasteiger partial charge in [-0.2, -0.15) is 0 Å². The Labute approximate surface area is 143 Å². The van der Waals surface area contributed by atoms with Crippen molar-refractivity contribution in [1.82, 2.24) is 0 Å². The molecular weight excluding hydrogens is 363 g/mol. The zero-order valence-electron chi connectivity index (χ0n) is 11.8. The van der Waals surface area contributed by atoms with Crippen LogP contribution in [0.2, 0.25) is 10.0 Å². The predicted octanol–water partition coefficient (Wildman–Crippen LogP) is 2.90. The summed E-state index contributed by atoms with van der Waals surface area (Å²) in [4.78, 5) is 11.3. The predicted molar refractivity (Wildman–Crippen MR) is 88.8 cm³/mol. The number of methoxy groups -OCH3 is 1. The number of carbonyl (C=O) groups excluding carboxylic acids is 1. The molecule has 2 aromatic rings. The number of ether oxygens (including phenoxy) is 1. The molecule has 0 unspecified atom stereocenters. The van der Waals surface area contributed by atoms with E-state index in [-0.39, 0.29) is 26.2 Å². The monoisotopic (exact) mass is 374 g/mol. The van der Waals surface area contributed by atoms with Crippen LogP contribution >= 0.6 is 23.2 Å². The van der Waals surface area contributed by atoms with E-state index in [2.05, 4.69) is 4.72 Å². The van der Waals surface area contributed by atoms with E-state index in [9.17, 15) is 13.2 Å². The van der Waals surface area contributed by atoms with Gasteiger partial charge in [-0.25, -0.2) is 8.42 Å². The van der Waals surface area contributed by atoms with Gasteiger partial charge in [0.25, 0.3) is 15.9 Å². The van der Waals surface area contributed by atoms with Crippen LogP contribution in [0, 0.1) is 0 Å². The van der Waals surface area contributed by atoms with Crippen LogP contribution in [-0.4, -0.2) is 21.4 Å². The van der Waals surface area contributed by atoms with Gasteiger partial charge in [0.15, 0.2) is 0 Å². The molecule has 0 saturated heterocycles. The van der Waals surface area contributed by atoms with Crippen LogP contribution in [0.3, 0.4) is 0 Å². The van der Waals surface area contributed by atoms with Gasteiger partial charge in [0.05, 0.1) is 28.3 Å². The van der Waals surface area contributed by atoms with Crippen LogP contribution in [0.1, 0.15) is 10.4 Å². The van der Waals surface area contributed by atoms with Gasteiger partial charge in [0.2, 0.25) is 0 Å². The second-order valence-corrected chi connectivity index (χ2v) is 6.98. The van der Waals surface area contributed by atoms with Crippen LogP contribution in [0.25, 0.3) is 0 Å². The molecule has 9 heteroatoms. The Morgan fingerprint density at radius 3 is 2.43 bits per heavy atom. The summed E-state index contributed by atoms with van der Waals surface area (Å²) < 4.78 is 32.1. The van der Waals surface area contributed by atoms with Crippen molar-refractivity contribution in [1.29, 1.82) is 0 Å².